The van der Waals surface area contributed by atoms with Gasteiger partial charge in [0.05, 0.1) is 24.7 Å². The molecule has 0 heterocycles. The van der Waals surface area contributed by atoms with Crippen molar-refractivity contribution in [3.63, 3.8) is 0 Å². The van der Waals surface area contributed by atoms with E-state index in [9.17, 15) is 15.2 Å². The Morgan fingerprint density at radius 1 is 1.18 bits per heavy atom. The molecule has 0 radical (unpaired) electrons. The number of hydrogen-bond donors (Lipinski definition) is 2. The fourth-order valence-electron chi connectivity index (χ4n) is 3.82. The summed E-state index contributed by atoms with van der Waals surface area (Å²) in [6.45, 7) is 13.2. The van der Waals surface area contributed by atoms with E-state index < -0.39 is 11.5 Å². The van der Waals surface area contributed by atoms with Crippen molar-refractivity contribution < 1.29 is 9.90 Å². The number of nitrogens with zero attached hydrogens (tertiary/aromatic N) is 3. The Morgan fingerprint density at radius 2 is 1.91 bits per heavy atom. The summed E-state index contributed by atoms with van der Waals surface area (Å²) in [6, 6.07) is 22.5. The van der Waals surface area contributed by atoms with Crippen LogP contribution in [0.5, 0.6) is 0 Å². The molecule has 6 nitrogen and oxygen atoms in total. The third kappa shape index (κ3) is 5.61. The van der Waals surface area contributed by atoms with E-state index in [-0.39, 0.29) is 6.54 Å². The molecule has 34 heavy (non-hydrogen) atoms. The van der Waals surface area contributed by atoms with Crippen molar-refractivity contribution in [2.75, 3.05) is 23.3 Å². The maximum Gasteiger partial charge on any atom is 0.257 e. The van der Waals surface area contributed by atoms with E-state index in [1.54, 1.807) is 31.2 Å². The molecule has 1 amide bonds. The van der Waals surface area contributed by atoms with E-state index in [0.717, 1.165) is 28.8 Å². The summed E-state index contributed by atoms with van der Waals surface area (Å²) in [5.74, 6) is -0.527. The van der Waals surface area contributed by atoms with Crippen LogP contribution in [0.2, 0.25) is 0 Å². The van der Waals surface area contributed by atoms with Gasteiger partial charge in [-0.25, -0.2) is 4.85 Å². The van der Waals surface area contributed by atoms with Gasteiger partial charge in [-0.2, -0.15) is 5.26 Å². The van der Waals surface area contributed by atoms with Crippen LogP contribution < -0.4 is 10.2 Å². The van der Waals surface area contributed by atoms with Crippen LogP contribution in [0.1, 0.15) is 31.4 Å². The molecule has 6 heteroatoms. The van der Waals surface area contributed by atoms with Crippen LogP contribution in [0.15, 0.2) is 66.7 Å². The highest BCUT2D eigenvalue weighted by molar-refractivity contribution is 5.97. The lowest BCUT2D eigenvalue weighted by Crippen LogP contribution is -2.50. The molecule has 0 aliphatic rings. The molecule has 0 saturated carbocycles. The van der Waals surface area contributed by atoms with E-state index in [1.165, 1.54) is 6.92 Å². The fraction of sp³-hybridized carbons (Fsp3) is 0.250. The van der Waals surface area contributed by atoms with Crippen LogP contribution >= 0.6 is 0 Å². The van der Waals surface area contributed by atoms with E-state index >= 15 is 0 Å². The van der Waals surface area contributed by atoms with Crippen LogP contribution in [0.3, 0.4) is 0 Å². The highest BCUT2D eigenvalue weighted by Gasteiger charge is 2.33. The summed E-state index contributed by atoms with van der Waals surface area (Å²) in [7, 11) is 0. The van der Waals surface area contributed by atoms with Gasteiger partial charge in [-0.05, 0) is 61.7 Å². The molecule has 0 bridgehead atoms. The number of aryl methyl sites for hydroxylation is 1. The van der Waals surface area contributed by atoms with Gasteiger partial charge in [0.1, 0.15) is 0 Å². The normalized spacial score (nSPS) is 12.2. The molecule has 2 N–H and O–H groups in total. The maximum absolute atomic E-state index is 13.0. The largest absolute Gasteiger partial charge is 0.378 e. The number of nitriles is 1. The minimum absolute atomic E-state index is 0.0753. The molecular weight excluding hydrogens is 424 g/mol. The molecule has 172 valence electrons. The Kier molecular flexibility index (Phi) is 7.68. The summed E-state index contributed by atoms with van der Waals surface area (Å²) in [6.07, 6.45) is 0.815. The number of rotatable bonds is 8. The molecule has 3 aromatic carbocycles. The lowest BCUT2D eigenvalue weighted by Gasteiger charge is -2.32. The van der Waals surface area contributed by atoms with Crippen molar-refractivity contribution in [1.82, 2.24) is 0 Å². The molecule has 1 atom stereocenters. The predicted molar refractivity (Wildman–Crippen MR) is 136 cm³/mol. The van der Waals surface area contributed by atoms with Gasteiger partial charge in [-0.15, -0.1) is 0 Å². The molecule has 0 aliphatic carbocycles. The van der Waals surface area contributed by atoms with Crippen LogP contribution in [-0.4, -0.2) is 29.7 Å². The number of nitrogens with one attached hydrogen (secondary N) is 1. The first-order valence-electron chi connectivity index (χ1n) is 11.2. The second-order valence-electron chi connectivity index (χ2n) is 8.47. The van der Waals surface area contributed by atoms with Gasteiger partial charge in [0.2, 0.25) is 0 Å². The lowest BCUT2D eigenvalue weighted by atomic mass is 9.98. The van der Waals surface area contributed by atoms with Gasteiger partial charge in [-0.3, -0.25) is 4.79 Å². The van der Waals surface area contributed by atoms with Crippen LogP contribution in [-0.2, 0) is 4.79 Å². The van der Waals surface area contributed by atoms with Crippen LogP contribution in [0.4, 0.5) is 17.1 Å². The summed E-state index contributed by atoms with van der Waals surface area (Å²) < 4.78 is 0. The minimum atomic E-state index is -1.68. The second kappa shape index (κ2) is 10.7. The quantitative estimate of drug-likeness (QED) is 0.430. The van der Waals surface area contributed by atoms with Gasteiger partial charge >= 0.3 is 0 Å². The molecule has 0 aliphatic heterocycles. The van der Waals surface area contributed by atoms with E-state index in [2.05, 4.69) is 16.2 Å². The van der Waals surface area contributed by atoms with E-state index in [1.807, 2.05) is 54.3 Å². The molecular formula is C28H28N4O2. The number of hydrogen-bond acceptors (Lipinski definition) is 4. The summed E-state index contributed by atoms with van der Waals surface area (Å²) >= 11 is 0. The zero-order valence-corrected chi connectivity index (χ0v) is 19.7. The molecule has 3 rings (SSSR count). The molecule has 0 fully saturated rings. The number of aliphatic hydroxyl groups is 1. The molecule has 0 saturated heterocycles. The number of amides is 1. The SMILES string of the molecule is [C-]#[N+]c1ccc(NC(=O)[C@@](C)(O)CN(CCC)c2ccc(C#N)c(-c3ccccc3)c2)cc1C. The van der Waals surface area contributed by atoms with E-state index in [0.29, 0.717) is 23.5 Å². The van der Waals surface area contributed by atoms with Crippen molar-refractivity contribution >= 4 is 23.0 Å². The van der Waals surface area contributed by atoms with Gasteiger partial charge in [-0.1, -0.05) is 43.3 Å². The monoisotopic (exact) mass is 452 g/mol. The van der Waals surface area contributed by atoms with Crippen molar-refractivity contribution in [3.05, 3.63) is 89.3 Å². The van der Waals surface area contributed by atoms with Crippen LogP contribution in [0.25, 0.3) is 16.0 Å². The first-order chi connectivity index (χ1) is 16.3. The molecule has 3 aromatic rings. The molecule has 0 aromatic heterocycles. The summed E-state index contributed by atoms with van der Waals surface area (Å²) in [4.78, 5) is 18.4. The van der Waals surface area contributed by atoms with Crippen LogP contribution in [0, 0.1) is 24.8 Å². The topological polar surface area (TPSA) is 80.7 Å². The zero-order chi connectivity index (χ0) is 24.7. The number of carbonyl (C=O) groups excluding carboxylic acids is 1. The number of benzene rings is 3. The summed E-state index contributed by atoms with van der Waals surface area (Å²) in [5, 5.41) is 23.5. The molecule has 0 unspecified atom stereocenters. The fourth-order valence-corrected chi connectivity index (χ4v) is 3.82. The Hall–Kier alpha value is -4.13. The van der Waals surface area contributed by atoms with E-state index in [4.69, 9.17) is 6.57 Å². The first kappa shape index (κ1) is 24.5. The Morgan fingerprint density at radius 3 is 2.53 bits per heavy atom. The Labute approximate surface area is 200 Å². The van der Waals surface area contributed by atoms with Gasteiger partial charge < -0.3 is 15.3 Å². The Balaban J connectivity index is 1.86. The van der Waals surface area contributed by atoms with Crippen molar-refractivity contribution in [2.24, 2.45) is 0 Å². The van der Waals surface area contributed by atoms with Gasteiger partial charge in [0.25, 0.3) is 5.91 Å². The average Bonchev–Trinajstić information content (AvgIpc) is 2.84. The first-order valence-corrected chi connectivity index (χ1v) is 11.2. The highest BCUT2D eigenvalue weighted by atomic mass is 16.3. The third-order valence-corrected chi connectivity index (χ3v) is 5.63. The van der Waals surface area contributed by atoms with Crippen molar-refractivity contribution in [2.45, 2.75) is 32.8 Å². The minimum Gasteiger partial charge on any atom is -0.378 e. The predicted octanol–water partition coefficient (Wildman–Crippen LogP) is 5.69. The summed E-state index contributed by atoms with van der Waals surface area (Å²) in [5.41, 5.74) is 3.25. The second-order valence-corrected chi connectivity index (χ2v) is 8.47. The lowest BCUT2D eigenvalue weighted by molar-refractivity contribution is -0.131. The Bertz CT molecular complexity index is 1250. The number of carbonyl (C=O) groups is 1. The smallest absolute Gasteiger partial charge is 0.257 e. The van der Waals surface area contributed by atoms with Gasteiger partial charge in [0.15, 0.2) is 11.3 Å². The standard InChI is InChI=1S/C28H28N4O2/c1-5-15-32(24-13-11-22(18-29)25(17-24)21-9-7-6-8-10-21)19-28(3,34)27(33)31-23-12-14-26(30-4)20(2)16-23/h6-14,16-17,34H,5,15,19H2,1-3H3,(H,31,33)/t28-/m0/s1. The zero-order valence-electron chi connectivity index (χ0n) is 19.7. The third-order valence-electron chi connectivity index (χ3n) is 5.63. The highest BCUT2D eigenvalue weighted by Crippen LogP contribution is 2.30. The number of anilines is 2. The molecule has 0 spiro atoms. The van der Waals surface area contributed by atoms with Gasteiger partial charge in [0, 0.05) is 23.5 Å². The average molecular weight is 453 g/mol. The van der Waals surface area contributed by atoms with Crippen molar-refractivity contribution in [1.29, 1.82) is 5.26 Å². The van der Waals surface area contributed by atoms with Crippen molar-refractivity contribution in [3.8, 4) is 17.2 Å². The maximum atomic E-state index is 13.0.